The Morgan fingerprint density at radius 2 is 1.81 bits per heavy atom. The maximum absolute atomic E-state index is 12.1. The molecule has 37 heavy (non-hydrogen) atoms. The summed E-state index contributed by atoms with van der Waals surface area (Å²) in [7, 11) is 0. The molecule has 0 bridgehead atoms. The summed E-state index contributed by atoms with van der Waals surface area (Å²) in [4.78, 5) is 18.4. The molecule has 186 valence electrons. The number of aromatic nitrogens is 4. The van der Waals surface area contributed by atoms with E-state index in [1.165, 1.54) is 0 Å². The summed E-state index contributed by atoms with van der Waals surface area (Å²) in [5.41, 5.74) is 1.40. The minimum Gasteiger partial charge on any atom is -0.454 e. The van der Waals surface area contributed by atoms with E-state index in [-0.39, 0.29) is 18.3 Å². The highest BCUT2D eigenvalue weighted by molar-refractivity contribution is 6.31. The van der Waals surface area contributed by atoms with E-state index in [0.29, 0.717) is 54.4 Å². The highest BCUT2D eigenvalue weighted by atomic mass is 35.5. The Balaban J connectivity index is 1.18. The van der Waals surface area contributed by atoms with Crippen molar-refractivity contribution in [3.63, 3.8) is 0 Å². The first-order chi connectivity index (χ1) is 18.0. The average Bonchev–Trinajstić information content (AvgIpc) is 3.43. The number of carbonyl (C=O) groups is 1. The van der Waals surface area contributed by atoms with Gasteiger partial charge in [0.25, 0.3) is 5.89 Å². The zero-order valence-corrected chi connectivity index (χ0v) is 20.6. The van der Waals surface area contributed by atoms with Crippen LogP contribution in [0.15, 0.2) is 71.3 Å². The molecule has 0 atom stereocenters. The molecular formula is C27H23ClN6O3. The molecule has 0 N–H and O–H groups in total. The molecule has 2 aromatic carbocycles. The minimum absolute atomic E-state index is 0.120. The van der Waals surface area contributed by atoms with Gasteiger partial charge in [0.2, 0.25) is 5.82 Å². The number of ether oxygens (including phenoxy) is 1. The number of halogens is 1. The van der Waals surface area contributed by atoms with Gasteiger partial charge in [0.1, 0.15) is 0 Å². The predicted octanol–water partition coefficient (Wildman–Crippen LogP) is 4.89. The molecule has 1 fully saturated rings. The molecule has 0 spiro atoms. The van der Waals surface area contributed by atoms with Crippen LogP contribution in [-0.4, -0.2) is 39.4 Å². The highest BCUT2D eigenvalue weighted by Gasteiger charge is 2.36. The first kappa shape index (κ1) is 24.4. The second-order valence-electron chi connectivity index (χ2n) is 8.88. The Labute approximate surface area is 218 Å². The fourth-order valence-corrected chi connectivity index (χ4v) is 4.51. The van der Waals surface area contributed by atoms with Crippen LogP contribution < -0.4 is 4.90 Å². The van der Waals surface area contributed by atoms with Crippen LogP contribution in [0.3, 0.4) is 0 Å². The van der Waals surface area contributed by atoms with Gasteiger partial charge in [-0.05, 0) is 55.2 Å². The SMILES string of the molecule is N#CC1(Cc2ccccc2Cl)CCN(c2ccc(-c3nc(COC(=O)c4ccccc4)no3)nn2)CC1. The van der Waals surface area contributed by atoms with Gasteiger partial charge in [-0.3, -0.25) is 0 Å². The van der Waals surface area contributed by atoms with Crippen molar-refractivity contribution in [1.82, 2.24) is 20.3 Å². The van der Waals surface area contributed by atoms with Gasteiger partial charge in [-0.2, -0.15) is 10.2 Å². The van der Waals surface area contributed by atoms with Crippen LogP contribution in [0.5, 0.6) is 0 Å². The lowest BCUT2D eigenvalue weighted by Gasteiger charge is -2.38. The van der Waals surface area contributed by atoms with Crippen molar-refractivity contribution in [2.75, 3.05) is 18.0 Å². The zero-order chi connectivity index (χ0) is 25.7. The maximum Gasteiger partial charge on any atom is 0.338 e. The first-order valence-electron chi connectivity index (χ1n) is 11.8. The quantitative estimate of drug-likeness (QED) is 0.317. The van der Waals surface area contributed by atoms with E-state index in [0.717, 1.165) is 5.56 Å². The highest BCUT2D eigenvalue weighted by Crippen LogP contribution is 2.37. The van der Waals surface area contributed by atoms with Crippen molar-refractivity contribution >= 4 is 23.4 Å². The topological polar surface area (TPSA) is 118 Å². The molecule has 0 aliphatic carbocycles. The predicted molar refractivity (Wildman–Crippen MR) is 136 cm³/mol. The third-order valence-corrected chi connectivity index (χ3v) is 6.82. The summed E-state index contributed by atoms with van der Waals surface area (Å²) >= 11 is 6.33. The minimum atomic E-state index is -0.468. The molecular weight excluding hydrogens is 492 g/mol. The van der Waals surface area contributed by atoms with Crippen molar-refractivity contribution < 1.29 is 14.1 Å². The van der Waals surface area contributed by atoms with Crippen LogP contribution in [0.2, 0.25) is 5.02 Å². The Morgan fingerprint density at radius 3 is 2.51 bits per heavy atom. The Morgan fingerprint density at radius 1 is 1.05 bits per heavy atom. The van der Waals surface area contributed by atoms with Gasteiger partial charge in [-0.1, -0.05) is 53.2 Å². The van der Waals surface area contributed by atoms with Gasteiger partial charge in [-0.15, -0.1) is 10.2 Å². The molecule has 5 rings (SSSR count). The van der Waals surface area contributed by atoms with Crippen LogP contribution in [0.4, 0.5) is 5.82 Å². The number of piperidine rings is 1. The van der Waals surface area contributed by atoms with Gasteiger partial charge in [-0.25, -0.2) is 4.79 Å². The Bertz CT molecular complexity index is 1410. The molecule has 1 aliphatic rings. The van der Waals surface area contributed by atoms with Gasteiger partial charge < -0.3 is 14.2 Å². The molecule has 10 heteroatoms. The summed E-state index contributed by atoms with van der Waals surface area (Å²) in [6.45, 7) is 1.25. The number of esters is 1. The van der Waals surface area contributed by atoms with Crippen LogP contribution in [-0.2, 0) is 17.8 Å². The Kier molecular flexibility index (Phi) is 7.10. The van der Waals surface area contributed by atoms with Gasteiger partial charge in [0, 0.05) is 18.1 Å². The number of rotatable bonds is 7. The third-order valence-electron chi connectivity index (χ3n) is 6.45. The normalized spacial score (nSPS) is 14.6. The van der Waals surface area contributed by atoms with E-state index in [1.54, 1.807) is 30.3 Å². The maximum atomic E-state index is 12.1. The van der Waals surface area contributed by atoms with Crippen LogP contribution in [0.1, 0.15) is 34.6 Å². The average molecular weight is 515 g/mol. The number of carbonyl (C=O) groups excluding carboxylic acids is 1. The molecule has 9 nitrogen and oxygen atoms in total. The number of hydrogen-bond acceptors (Lipinski definition) is 9. The zero-order valence-electron chi connectivity index (χ0n) is 19.9. The Hall–Kier alpha value is -4.29. The van der Waals surface area contributed by atoms with Crippen LogP contribution in [0.25, 0.3) is 11.6 Å². The van der Waals surface area contributed by atoms with E-state index in [1.807, 2.05) is 36.4 Å². The van der Waals surface area contributed by atoms with Crippen LogP contribution in [0, 0.1) is 16.7 Å². The molecule has 0 amide bonds. The lowest BCUT2D eigenvalue weighted by Crippen LogP contribution is -2.41. The summed E-state index contributed by atoms with van der Waals surface area (Å²) in [5.74, 6) is 0.661. The van der Waals surface area contributed by atoms with Gasteiger partial charge in [0.05, 0.1) is 17.0 Å². The summed E-state index contributed by atoms with van der Waals surface area (Å²) in [6.07, 6.45) is 2.03. The molecule has 1 saturated heterocycles. The monoisotopic (exact) mass is 514 g/mol. The van der Waals surface area contributed by atoms with Gasteiger partial charge in [0.15, 0.2) is 18.1 Å². The second-order valence-corrected chi connectivity index (χ2v) is 9.29. The van der Waals surface area contributed by atoms with E-state index in [2.05, 4.69) is 31.3 Å². The fraction of sp³-hybridized carbons (Fsp3) is 0.259. The second kappa shape index (κ2) is 10.8. The standard InChI is InChI=1S/C27H23ClN6O3/c28-21-9-5-4-8-20(21)16-27(18-29)12-14-34(15-13-27)24-11-10-22(31-32-24)25-30-23(33-37-25)17-36-26(35)19-6-2-1-3-7-19/h1-11H,12-17H2. The van der Waals surface area contributed by atoms with Crippen molar-refractivity contribution in [1.29, 1.82) is 5.26 Å². The molecule has 2 aromatic heterocycles. The third kappa shape index (κ3) is 5.60. The van der Waals surface area contributed by atoms with Crippen molar-refractivity contribution in [2.45, 2.75) is 25.9 Å². The molecule has 0 saturated carbocycles. The van der Waals surface area contributed by atoms with E-state index < -0.39 is 11.4 Å². The lowest BCUT2D eigenvalue weighted by atomic mass is 9.75. The van der Waals surface area contributed by atoms with E-state index in [9.17, 15) is 10.1 Å². The molecule has 0 unspecified atom stereocenters. The molecule has 1 aliphatic heterocycles. The fourth-order valence-electron chi connectivity index (χ4n) is 4.31. The molecule has 4 aromatic rings. The van der Waals surface area contributed by atoms with E-state index >= 15 is 0 Å². The largest absolute Gasteiger partial charge is 0.454 e. The summed E-state index contributed by atoms with van der Waals surface area (Å²) in [5, 5.41) is 23.1. The smallest absolute Gasteiger partial charge is 0.338 e. The number of nitriles is 1. The van der Waals surface area contributed by atoms with Crippen molar-refractivity contribution in [3.05, 3.63) is 88.7 Å². The number of benzene rings is 2. The molecule has 3 heterocycles. The number of anilines is 1. The first-order valence-corrected chi connectivity index (χ1v) is 12.2. The number of hydrogen-bond donors (Lipinski definition) is 0. The van der Waals surface area contributed by atoms with Crippen molar-refractivity contribution in [3.8, 4) is 17.7 Å². The lowest BCUT2D eigenvalue weighted by molar-refractivity contribution is 0.0459. The summed E-state index contributed by atoms with van der Waals surface area (Å²) < 4.78 is 10.5. The molecule has 0 radical (unpaired) electrons. The van der Waals surface area contributed by atoms with E-state index in [4.69, 9.17) is 20.9 Å². The number of nitrogens with zero attached hydrogens (tertiary/aromatic N) is 6. The van der Waals surface area contributed by atoms with Gasteiger partial charge >= 0.3 is 5.97 Å². The van der Waals surface area contributed by atoms with Crippen LogP contribution >= 0.6 is 11.6 Å². The van der Waals surface area contributed by atoms with Crippen molar-refractivity contribution in [2.24, 2.45) is 5.41 Å². The summed E-state index contributed by atoms with van der Waals surface area (Å²) in [6, 6.07) is 22.5.